The number of hydroxylamine groups is 4. The van der Waals surface area contributed by atoms with Crippen LogP contribution in [0.2, 0.25) is 0 Å². The number of hydrogen-bond acceptors (Lipinski definition) is 13. The molecule has 4 saturated heterocycles. The molecule has 0 aliphatic carbocycles. The molecular weight excluding hydrogens is 707 g/mol. The van der Waals surface area contributed by atoms with Crippen molar-refractivity contribution < 1.29 is 51.2 Å². The van der Waals surface area contributed by atoms with E-state index in [0.717, 1.165) is 23.5 Å². The highest BCUT2D eigenvalue weighted by Crippen LogP contribution is 2.30. The van der Waals surface area contributed by atoms with E-state index in [1.54, 1.807) is 6.26 Å². The number of carbonyl (C=O) groups excluding carboxylic acids is 2. The van der Waals surface area contributed by atoms with Crippen molar-refractivity contribution >= 4 is 34.5 Å². The number of amides is 4. The van der Waals surface area contributed by atoms with Gasteiger partial charge in [-0.2, -0.15) is 19.9 Å². The number of urea groups is 2. The Labute approximate surface area is 309 Å². The number of hydrogen-bond donors (Lipinski definition) is 2. The van der Waals surface area contributed by atoms with Gasteiger partial charge in [-0.05, 0) is 51.4 Å². The highest BCUT2D eigenvalue weighted by molar-refractivity contribution is 7.93. The second-order valence-electron chi connectivity index (χ2n) is 12.7. The molecule has 0 saturated carbocycles. The number of rotatable bonds is 16. The van der Waals surface area contributed by atoms with Crippen LogP contribution in [-0.4, -0.2) is 130 Å². The van der Waals surface area contributed by atoms with Crippen LogP contribution >= 0.6 is 12.0 Å². The van der Waals surface area contributed by atoms with Gasteiger partial charge in [-0.3, -0.25) is 5.21 Å². The van der Waals surface area contributed by atoms with E-state index in [0.29, 0.717) is 30.9 Å². The van der Waals surface area contributed by atoms with Crippen molar-refractivity contribution in [1.82, 2.24) is 19.9 Å². The highest BCUT2D eigenvalue weighted by atomic mass is 32.3. The second kappa shape index (κ2) is 25.5. The van der Waals surface area contributed by atoms with Crippen LogP contribution in [-0.2, 0) is 24.1 Å². The topological polar surface area (TPSA) is 220 Å². The summed E-state index contributed by atoms with van der Waals surface area (Å²) in [5.41, 5.74) is 0. The molecule has 4 aliphatic rings. The Morgan fingerprint density at radius 2 is 1.24 bits per heavy atom. The lowest BCUT2D eigenvalue weighted by Gasteiger charge is -2.39. The summed E-state index contributed by atoms with van der Waals surface area (Å²) in [4.78, 5) is 25.4. The number of quaternary nitrogens is 1. The van der Waals surface area contributed by atoms with E-state index in [9.17, 15) is 27.8 Å². The minimum absolute atomic E-state index is 0. The van der Waals surface area contributed by atoms with Gasteiger partial charge in [0.1, 0.15) is 12.1 Å². The van der Waals surface area contributed by atoms with Crippen LogP contribution < -0.4 is 0 Å². The lowest BCUT2D eigenvalue weighted by Crippen LogP contribution is -2.50. The van der Waals surface area contributed by atoms with Crippen LogP contribution in [0.5, 0.6) is 0 Å². The van der Waals surface area contributed by atoms with E-state index in [4.69, 9.17) is 15.8 Å². The van der Waals surface area contributed by atoms with E-state index < -0.39 is 34.5 Å². The predicted molar refractivity (Wildman–Crippen MR) is 190 cm³/mol. The molecule has 4 aliphatic heterocycles. The molecule has 0 aromatic heterocycles. The molecule has 0 unspecified atom stereocenters. The van der Waals surface area contributed by atoms with Crippen LogP contribution in [0.25, 0.3) is 0 Å². The maximum atomic E-state index is 11.6. The molecule has 0 radical (unpaired) electrons. The summed E-state index contributed by atoms with van der Waals surface area (Å²) >= 11 is 0.929. The largest absolute Gasteiger partial charge is 0.724 e. The summed E-state index contributed by atoms with van der Waals surface area (Å²) in [6, 6.07) is 1.34. The molecule has 296 valence electrons. The Morgan fingerprint density at radius 3 is 1.59 bits per heavy atom. The fraction of sp³-hybridized carbons (Fsp3) is 0.875. The third kappa shape index (κ3) is 16.0. The van der Waals surface area contributed by atoms with E-state index in [2.05, 4.69) is 41.4 Å². The Kier molecular flexibility index (Phi) is 24.3. The quantitative estimate of drug-likeness (QED) is 0.0369. The van der Waals surface area contributed by atoms with Crippen LogP contribution in [0, 0.1) is 22.7 Å². The molecule has 4 bridgehead atoms. The van der Waals surface area contributed by atoms with Gasteiger partial charge in [0.05, 0.1) is 50.4 Å². The van der Waals surface area contributed by atoms with Gasteiger partial charge in [0.25, 0.3) is 0 Å². The number of fused-ring (bicyclic) bond motifs is 4. The molecule has 4 rings (SSSR count). The minimum Gasteiger partial charge on any atom is -0.724 e. The minimum atomic E-state index is -4.96. The number of carbonyl (C=O) groups is 2. The SMILES string of the molecule is C.CCCC[N+](CCCC)(CCCC)CCCC.CSOOO.N#C[C@@H]1CC[C@H]2CN1C(=O)N2O.N#C[C@@H]1CC[C@H]2CN1C(=O)N2OS(=O)(=O)[O-]. The van der Waals surface area contributed by atoms with Crippen molar-refractivity contribution in [1.29, 1.82) is 10.5 Å². The molecule has 51 heavy (non-hydrogen) atoms. The molecule has 2 N–H and O–H groups in total. The maximum absolute atomic E-state index is 11.6. The molecule has 0 aromatic carbocycles. The lowest BCUT2D eigenvalue weighted by atomic mass is 10.0. The van der Waals surface area contributed by atoms with Crippen molar-refractivity contribution in [3.05, 3.63) is 0 Å². The first-order chi connectivity index (χ1) is 23.8. The molecule has 4 amide bonds. The third-order valence-corrected chi connectivity index (χ3v) is 9.72. The van der Waals surface area contributed by atoms with Crippen molar-refractivity contribution in [3.8, 4) is 12.1 Å². The summed E-state index contributed by atoms with van der Waals surface area (Å²) in [5, 5.41) is 38.4. The summed E-state index contributed by atoms with van der Waals surface area (Å²) in [7, 11) is -4.96. The molecule has 0 spiro atoms. The highest BCUT2D eigenvalue weighted by Gasteiger charge is 2.47. The first kappa shape index (κ1) is 48.5. The summed E-state index contributed by atoms with van der Waals surface area (Å²) in [5.74, 6) is 0. The Bertz CT molecular complexity index is 1160. The van der Waals surface area contributed by atoms with Gasteiger partial charge >= 0.3 is 12.1 Å². The van der Waals surface area contributed by atoms with Gasteiger partial charge in [0, 0.05) is 31.4 Å². The number of unbranched alkanes of at least 4 members (excludes halogenated alkanes) is 4. The maximum Gasteiger partial charge on any atom is 0.346 e. The van der Waals surface area contributed by atoms with E-state index in [1.807, 2.05) is 12.1 Å². The molecule has 4 atom stereocenters. The average Bonchev–Trinajstić information content (AvgIpc) is 3.48. The monoisotopic (exact) mass is 767 g/mol. The predicted octanol–water partition coefficient (Wildman–Crippen LogP) is 5.66. The Morgan fingerprint density at radius 1 is 0.824 bits per heavy atom. The first-order valence-electron chi connectivity index (χ1n) is 17.5. The van der Waals surface area contributed by atoms with Crippen LogP contribution in [0.15, 0.2) is 0 Å². The smallest absolute Gasteiger partial charge is 0.346 e. The van der Waals surface area contributed by atoms with Crippen LogP contribution in [0.4, 0.5) is 9.59 Å². The zero-order valence-electron chi connectivity index (χ0n) is 30.1. The molecule has 19 heteroatoms. The Balaban J connectivity index is 0.000000688. The standard InChI is InChI=1S/C16H36N.C7H9N3O5S.C7H9N3O2.CH4O3S.CH4/c1-5-9-13-17(14-10-6-2,15-11-7-3)16-12-8-4;8-3-5-1-2-6-4-9(5)7(11)10(6)15-16(12,13)14;8-3-5-1-2-6-4-9(5)7(11)10(6)12;1-5-4-3-2;/h5-16H2,1-4H3;5-6H,1-2,4H2,(H,12,13,14);5-6,12H,1-2,4H2;2H,1H3;1H4/q+1;;;;/p-1/t;2*5-,6-;;/m.00../s1. The molecule has 17 nitrogen and oxygen atoms in total. The van der Waals surface area contributed by atoms with Gasteiger partial charge in [0.2, 0.25) is 10.4 Å². The fourth-order valence-corrected chi connectivity index (χ4v) is 6.87. The summed E-state index contributed by atoms with van der Waals surface area (Å²) in [6.45, 7) is 15.7. The average molecular weight is 768 g/mol. The van der Waals surface area contributed by atoms with E-state index in [1.165, 1.54) is 91.8 Å². The molecular formula is C32H61N7O10S2. The van der Waals surface area contributed by atoms with E-state index in [-0.39, 0.29) is 26.1 Å². The fourth-order valence-electron chi connectivity index (χ4n) is 6.42. The first-order valence-corrected chi connectivity index (χ1v) is 20.0. The normalized spacial score (nSPS) is 22.0. The van der Waals surface area contributed by atoms with Gasteiger partial charge in [-0.1, -0.05) is 65.8 Å². The van der Waals surface area contributed by atoms with Gasteiger partial charge in [-0.25, -0.2) is 28.3 Å². The van der Waals surface area contributed by atoms with Crippen molar-refractivity contribution in [3.63, 3.8) is 0 Å². The molecule has 0 aromatic rings. The zero-order chi connectivity index (χ0) is 37.7. The van der Waals surface area contributed by atoms with Crippen molar-refractivity contribution in [2.75, 3.05) is 45.5 Å². The van der Waals surface area contributed by atoms with E-state index >= 15 is 0 Å². The van der Waals surface area contributed by atoms with Crippen molar-refractivity contribution in [2.45, 2.75) is 136 Å². The summed E-state index contributed by atoms with van der Waals surface area (Å²) < 4.78 is 40.5. The third-order valence-electron chi connectivity index (χ3n) is 9.18. The van der Waals surface area contributed by atoms with Crippen molar-refractivity contribution in [2.24, 2.45) is 0 Å². The number of nitrogens with zero attached hydrogens (tertiary/aromatic N) is 7. The second-order valence-corrected chi connectivity index (χ2v) is 14.2. The summed E-state index contributed by atoms with van der Waals surface area (Å²) in [6.07, 6.45) is 15.0. The van der Waals surface area contributed by atoms with Crippen LogP contribution in [0.1, 0.15) is 112 Å². The zero-order valence-corrected chi connectivity index (χ0v) is 31.8. The Hall–Kier alpha value is -2.46. The number of piperidine rings is 2. The molecule has 4 heterocycles. The van der Waals surface area contributed by atoms with Gasteiger partial charge in [0.15, 0.2) is 0 Å². The lowest BCUT2D eigenvalue weighted by molar-refractivity contribution is -0.929. The molecule has 4 fully saturated rings. The number of nitriles is 2. The van der Waals surface area contributed by atoms with Gasteiger partial charge < -0.3 is 18.8 Å². The van der Waals surface area contributed by atoms with Gasteiger partial charge in [-0.15, -0.1) is 4.33 Å². The van der Waals surface area contributed by atoms with Crippen LogP contribution in [0.3, 0.4) is 0 Å².